The van der Waals surface area contributed by atoms with Gasteiger partial charge in [-0.15, -0.1) is 0 Å². The molecule has 1 atom stereocenters. The van der Waals surface area contributed by atoms with Crippen LogP contribution in [0.1, 0.15) is 24.8 Å². The van der Waals surface area contributed by atoms with Crippen LogP contribution >= 0.6 is 0 Å². The normalized spacial score (nSPS) is 23.2. The summed E-state index contributed by atoms with van der Waals surface area (Å²) < 4.78 is 25.7. The molecule has 1 unspecified atom stereocenters. The number of carbonyl (C=O) groups is 2. The minimum atomic E-state index is -1.98. The first-order chi connectivity index (χ1) is 13.0. The monoisotopic (exact) mass is 378 g/mol. The van der Waals surface area contributed by atoms with Gasteiger partial charge in [0.1, 0.15) is 5.75 Å². The predicted molar refractivity (Wildman–Crippen MR) is 98.4 cm³/mol. The van der Waals surface area contributed by atoms with E-state index < -0.39 is 11.6 Å². The first kappa shape index (κ1) is 19.6. The number of rotatable bonds is 5. The third-order valence-electron chi connectivity index (χ3n) is 5.26. The molecule has 0 aliphatic carbocycles. The fourth-order valence-corrected chi connectivity index (χ4v) is 3.65. The summed E-state index contributed by atoms with van der Waals surface area (Å²) in [5.41, 5.74) is -0.956. The number of hydrogen-bond donors (Lipinski definition) is 0. The highest BCUT2D eigenvalue weighted by molar-refractivity contribution is 5.87. The molecule has 148 valence electrons. The van der Waals surface area contributed by atoms with E-state index in [1.807, 2.05) is 24.3 Å². The Hall–Kier alpha value is -2.15. The maximum Gasteiger partial charge on any atom is 0.262 e. The van der Waals surface area contributed by atoms with E-state index >= 15 is 4.39 Å². The highest BCUT2D eigenvalue weighted by Crippen LogP contribution is 2.28. The van der Waals surface area contributed by atoms with Crippen molar-refractivity contribution in [1.29, 1.82) is 0 Å². The van der Waals surface area contributed by atoms with Gasteiger partial charge in [0.2, 0.25) is 11.6 Å². The second kappa shape index (κ2) is 8.69. The van der Waals surface area contributed by atoms with Crippen molar-refractivity contribution in [3.63, 3.8) is 0 Å². The van der Waals surface area contributed by atoms with Crippen LogP contribution in [0.4, 0.5) is 4.39 Å². The van der Waals surface area contributed by atoms with E-state index in [0.717, 1.165) is 11.3 Å². The first-order valence-electron chi connectivity index (χ1n) is 9.48. The summed E-state index contributed by atoms with van der Waals surface area (Å²) in [4.78, 5) is 28.2. The number of piperidine rings is 1. The zero-order chi connectivity index (χ0) is 19.3. The Morgan fingerprint density at radius 2 is 1.85 bits per heavy atom. The molecule has 2 heterocycles. The van der Waals surface area contributed by atoms with Gasteiger partial charge >= 0.3 is 0 Å². The number of hydrogen-bond acceptors (Lipinski definition) is 4. The van der Waals surface area contributed by atoms with Gasteiger partial charge < -0.3 is 19.3 Å². The molecule has 2 aliphatic heterocycles. The quantitative estimate of drug-likeness (QED) is 0.784. The highest BCUT2D eigenvalue weighted by Gasteiger charge is 2.46. The molecule has 1 aromatic carbocycles. The molecule has 27 heavy (non-hydrogen) atoms. The molecule has 2 fully saturated rings. The van der Waals surface area contributed by atoms with Crippen molar-refractivity contribution in [2.45, 2.75) is 31.4 Å². The van der Waals surface area contributed by atoms with Crippen LogP contribution in [0.25, 0.3) is 0 Å². The number of nitrogens with zero attached hydrogens (tertiary/aromatic N) is 2. The molecule has 7 heteroatoms. The van der Waals surface area contributed by atoms with Crippen molar-refractivity contribution >= 4 is 11.8 Å². The number of likely N-dealkylation sites (tertiary alicyclic amines) is 1. The van der Waals surface area contributed by atoms with Crippen molar-refractivity contribution in [3.8, 4) is 5.75 Å². The Morgan fingerprint density at radius 3 is 2.52 bits per heavy atom. The third kappa shape index (κ3) is 4.77. The molecule has 2 amide bonds. The molecule has 2 saturated heterocycles. The molecule has 0 spiro atoms. The lowest BCUT2D eigenvalue weighted by Gasteiger charge is -2.40. The number of carbonyl (C=O) groups excluding carboxylic acids is 2. The third-order valence-corrected chi connectivity index (χ3v) is 5.26. The first-order valence-corrected chi connectivity index (χ1v) is 9.48. The van der Waals surface area contributed by atoms with Crippen LogP contribution in [0.15, 0.2) is 24.3 Å². The van der Waals surface area contributed by atoms with E-state index in [2.05, 4.69) is 0 Å². The Labute approximate surface area is 159 Å². The zero-order valence-electron chi connectivity index (χ0n) is 15.8. The number of morpholine rings is 1. The van der Waals surface area contributed by atoms with Crippen molar-refractivity contribution in [2.75, 3.05) is 46.5 Å². The molecule has 0 saturated carbocycles. The van der Waals surface area contributed by atoms with Gasteiger partial charge in [-0.05, 0) is 37.0 Å². The molecule has 0 N–H and O–H groups in total. The van der Waals surface area contributed by atoms with Gasteiger partial charge in [0.25, 0.3) is 5.91 Å². The number of benzene rings is 1. The van der Waals surface area contributed by atoms with Crippen molar-refractivity contribution in [1.82, 2.24) is 9.80 Å². The minimum absolute atomic E-state index is 0.109. The van der Waals surface area contributed by atoms with Crippen LogP contribution in [0, 0.1) is 0 Å². The minimum Gasteiger partial charge on any atom is -0.497 e. The molecule has 0 bridgehead atoms. The van der Waals surface area contributed by atoms with Gasteiger partial charge in [-0.3, -0.25) is 9.59 Å². The molecule has 6 nitrogen and oxygen atoms in total. The lowest BCUT2D eigenvalue weighted by atomic mass is 9.92. The Kier molecular flexibility index (Phi) is 6.31. The van der Waals surface area contributed by atoms with E-state index in [9.17, 15) is 9.59 Å². The summed E-state index contributed by atoms with van der Waals surface area (Å²) in [6.45, 7) is 2.05. The Morgan fingerprint density at radius 1 is 1.15 bits per heavy atom. The Balaban J connectivity index is 1.55. The van der Waals surface area contributed by atoms with Crippen LogP contribution in [-0.2, 0) is 20.7 Å². The average molecular weight is 378 g/mol. The number of amides is 2. The smallest absolute Gasteiger partial charge is 0.262 e. The number of methoxy groups -OCH3 is 1. The average Bonchev–Trinajstić information content (AvgIpc) is 2.72. The molecule has 0 aromatic heterocycles. The van der Waals surface area contributed by atoms with E-state index in [4.69, 9.17) is 9.47 Å². The summed E-state index contributed by atoms with van der Waals surface area (Å²) in [5.74, 6) is 0.158. The molecular weight excluding hydrogens is 351 g/mol. The van der Waals surface area contributed by atoms with Gasteiger partial charge in [0.05, 0.1) is 26.9 Å². The largest absolute Gasteiger partial charge is 0.497 e. The summed E-state index contributed by atoms with van der Waals surface area (Å²) in [7, 11) is 1.61. The predicted octanol–water partition coefficient (Wildman–Crippen LogP) is 1.82. The highest BCUT2D eigenvalue weighted by atomic mass is 19.1. The fourth-order valence-electron chi connectivity index (χ4n) is 3.65. The topological polar surface area (TPSA) is 59.1 Å². The van der Waals surface area contributed by atoms with Crippen LogP contribution in [-0.4, -0.2) is 73.8 Å². The maximum atomic E-state index is 15.4. The molecule has 1 aromatic rings. The molecule has 2 aliphatic rings. The van der Waals surface area contributed by atoms with Crippen molar-refractivity contribution < 1.29 is 23.5 Å². The molecule has 0 radical (unpaired) electrons. The lowest BCUT2D eigenvalue weighted by Crippen LogP contribution is -2.58. The van der Waals surface area contributed by atoms with Crippen LogP contribution in [0.2, 0.25) is 0 Å². The second-order valence-electron chi connectivity index (χ2n) is 7.14. The van der Waals surface area contributed by atoms with Crippen molar-refractivity contribution in [2.24, 2.45) is 0 Å². The van der Waals surface area contributed by atoms with Gasteiger partial charge in [-0.1, -0.05) is 12.1 Å². The molecular formula is C20H27FN2O4. The Bertz CT molecular complexity index is 660. The van der Waals surface area contributed by atoms with Gasteiger partial charge in [-0.2, -0.15) is 0 Å². The van der Waals surface area contributed by atoms with Gasteiger partial charge in [0, 0.05) is 26.1 Å². The van der Waals surface area contributed by atoms with E-state index in [1.165, 1.54) is 9.80 Å². The van der Waals surface area contributed by atoms with Crippen LogP contribution in [0.3, 0.4) is 0 Å². The summed E-state index contributed by atoms with van der Waals surface area (Å²) >= 11 is 0. The molecule has 3 rings (SSSR count). The summed E-state index contributed by atoms with van der Waals surface area (Å²) in [6, 6.07) is 7.55. The second-order valence-corrected chi connectivity index (χ2v) is 7.14. The summed E-state index contributed by atoms with van der Waals surface area (Å²) in [6.07, 6.45) is 1.55. The number of halogens is 1. The standard InChI is InChI=1S/C20H27FN2O4/c1-26-17-6-3-16(4-7-17)5-8-18(24)23-10-2-9-20(21,15-23)19(25)22-11-13-27-14-12-22/h3-4,6-7H,2,5,8-15H2,1H3. The number of ether oxygens (including phenoxy) is 2. The van der Waals surface area contributed by atoms with E-state index in [-0.39, 0.29) is 18.9 Å². The number of alkyl halides is 1. The van der Waals surface area contributed by atoms with Crippen molar-refractivity contribution in [3.05, 3.63) is 29.8 Å². The SMILES string of the molecule is COc1ccc(CCC(=O)N2CCCC(F)(C(=O)N3CCOCC3)C2)cc1. The van der Waals surface area contributed by atoms with Crippen LogP contribution < -0.4 is 4.74 Å². The zero-order valence-corrected chi connectivity index (χ0v) is 15.8. The van der Waals surface area contributed by atoms with E-state index in [0.29, 0.717) is 52.1 Å². The summed E-state index contributed by atoms with van der Waals surface area (Å²) in [5, 5.41) is 0. The van der Waals surface area contributed by atoms with E-state index in [1.54, 1.807) is 7.11 Å². The number of aryl methyl sites for hydroxylation is 1. The van der Waals surface area contributed by atoms with Gasteiger partial charge in [-0.25, -0.2) is 4.39 Å². The fraction of sp³-hybridized carbons (Fsp3) is 0.600. The lowest BCUT2D eigenvalue weighted by molar-refractivity contribution is -0.154. The maximum absolute atomic E-state index is 15.4. The van der Waals surface area contributed by atoms with Gasteiger partial charge in [0.15, 0.2) is 0 Å². The van der Waals surface area contributed by atoms with Crippen LogP contribution in [0.5, 0.6) is 5.75 Å².